The van der Waals surface area contributed by atoms with Gasteiger partial charge in [0.2, 0.25) is 5.91 Å². The molecule has 2 aromatic carbocycles. The fourth-order valence-electron chi connectivity index (χ4n) is 4.83. The van der Waals surface area contributed by atoms with Gasteiger partial charge in [-0.3, -0.25) is 9.78 Å². The van der Waals surface area contributed by atoms with Gasteiger partial charge in [-0.1, -0.05) is 42.5 Å². The molecule has 0 saturated carbocycles. The number of nitrogens with one attached hydrogen (secondary N) is 1. The fraction of sp³-hybridized carbons (Fsp3) is 0.280. The number of H-pyrrole nitrogens is 1. The molecule has 2 aromatic heterocycles. The third-order valence-electron chi connectivity index (χ3n) is 6.26. The van der Waals surface area contributed by atoms with Gasteiger partial charge in [-0.05, 0) is 48.9 Å². The Bertz CT molecular complexity index is 1180. The highest BCUT2D eigenvalue weighted by Gasteiger charge is 2.27. The number of aryl methyl sites for hydroxylation is 1. The minimum Gasteiger partial charge on any atom is -0.358 e. The highest BCUT2D eigenvalue weighted by Crippen LogP contribution is 2.35. The predicted octanol–water partition coefficient (Wildman–Crippen LogP) is 4.97. The van der Waals surface area contributed by atoms with Gasteiger partial charge in [-0.15, -0.1) is 0 Å². The number of likely N-dealkylation sites (tertiary alicyclic amines) is 1. The number of fused-ring (bicyclic) bond motifs is 2. The molecule has 4 heteroatoms. The summed E-state index contributed by atoms with van der Waals surface area (Å²) in [4.78, 5) is 23.0. The molecule has 1 aliphatic rings. The van der Waals surface area contributed by atoms with E-state index in [-0.39, 0.29) is 5.91 Å². The van der Waals surface area contributed by atoms with Crippen LogP contribution in [0, 0.1) is 6.92 Å². The maximum Gasteiger partial charge on any atom is 0.227 e. The molecule has 1 amide bonds. The number of piperidine rings is 1. The number of aromatic nitrogens is 2. The van der Waals surface area contributed by atoms with Crippen molar-refractivity contribution in [2.45, 2.75) is 32.1 Å². The van der Waals surface area contributed by atoms with E-state index in [0.29, 0.717) is 12.3 Å². The Balaban J connectivity index is 1.30. The number of pyridine rings is 1. The molecule has 1 N–H and O–H groups in total. The van der Waals surface area contributed by atoms with Crippen LogP contribution in [-0.4, -0.2) is 33.9 Å². The summed E-state index contributed by atoms with van der Waals surface area (Å²) in [6.45, 7) is 3.81. The van der Waals surface area contributed by atoms with E-state index in [1.165, 1.54) is 22.2 Å². The number of amides is 1. The second kappa shape index (κ2) is 7.36. The minimum atomic E-state index is 0.206. The van der Waals surface area contributed by atoms with Crippen LogP contribution in [0.3, 0.4) is 0 Å². The molecule has 1 aliphatic heterocycles. The predicted molar refractivity (Wildman–Crippen MR) is 117 cm³/mol. The van der Waals surface area contributed by atoms with Crippen LogP contribution in [0.4, 0.5) is 0 Å². The Kier molecular flexibility index (Phi) is 4.55. The molecule has 3 heterocycles. The first kappa shape index (κ1) is 17.9. The third kappa shape index (κ3) is 3.29. The van der Waals surface area contributed by atoms with Crippen LogP contribution < -0.4 is 0 Å². The van der Waals surface area contributed by atoms with Crippen molar-refractivity contribution in [1.29, 1.82) is 0 Å². The van der Waals surface area contributed by atoms with Gasteiger partial charge >= 0.3 is 0 Å². The lowest BCUT2D eigenvalue weighted by Gasteiger charge is -2.32. The lowest BCUT2D eigenvalue weighted by molar-refractivity contribution is -0.131. The average Bonchev–Trinajstić information content (AvgIpc) is 3.10. The van der Waals surface area contributed by atoms with Gasteiger partial charge in [0.15, 0.2) is 0 Å². The van der Waals surface area contributed by atoms with Gasteiger partial charge in [-0.2, -0.15) is 0 Å². The minimum absolute atomic E-state index is 0.206. The van der Waals surface area contributed by atoms with Gasteiger partial charge in [0.05, 0.1) is 11.9 Å². The summed E-state index contributed by atoms with van der Waals surface area (Å²) in [5, 5.41) is 2.42. The Morgan fingerprint density at radius 3 is 2.72 bits per heavy atom. The van der Waals surface area contributed by atoms with Crippen molar-refractivity contribution < 1.29 is 4.79 Å². The highest BCUT2D eigenvalue weighted by atomic mass is 16.2. The zero-order valence-electron chi connectivity index (χ0n) is 16.7. The summed E-state index contributed by atoms with van der Waals surface area (Å²) < 4.78 is 0. The van der Waals surface area contributed by atoms with Crippen molar-refractivity contribution in [3.8, 4) is 0 Å². The summed E-state index contributed by atoms with van der Waals surface area (Å²) in [5.74, 6) is 0.715. The lowest BCUT2D eigenvalue weighted by Crippen LogP contribution is -2.38. The van der Waals surface area contributed by atoms with Crippen LogP contribution >= 0.6 is 0 Å². The van der Waals surface area contributed by atoms with Gasteiger partial charge in [0, 0.05) is 41.3 Å². The summed E-state index contributed by atoms with van der Waals surface area (Å²) in [6.07, 6.45) is 4.25. The quantitative estimate of drug-likeness (QED) is 0.543. The fourth-order valence-corrected chi connectivity index (χ4v) is 4.83. The molecule has 29 heavy (non-hydrogen) atoms. The molecule has 1 fully saturated rings. The SMILES string of the molecule is Cc1[nH]c2ccccc2c1C1CCN(C(=O)Cc2cccc3cccnc23)CC1. The number of para-hydroxylation sites is 2. The molecule has 0 unspecified atom stereocenters. The number of rotatable bonds is 3. The Morgan fingerprint density at radius 2 is 1.86 bits per heavy atom. The van der Waals surface area contributed by atoms with E-state index >= 15 is 0 Å². The standard InChI is InChI=1S/C25H25N3O/c1-17-24(21-9-2-3-10-22(21)27-17)18-11-14-28(15-12-18)23(29)16-20-7-4-6-19-8-5-13-26-25(19)20/h2-10,13,18,27H,11-12,14-16H2,1H3. The Labute approximate surface area is 170 Å². The summed E-state index contributed by atoms with van der Waals surface area (Å²) >= 11 is 0. The van der Waals surface area contributed by atoms with E-state index in [4.69, 9.17) is 0 Å². The number of carbonyl (C=O) groups excluding carboxylic acids is 1. The van der Waals surface area contributed by atoms with E-state index in [2.05, 4.69) is 41.2 Å². The van der Waals surface area contributed by atoms with Crippen molar-refractivity contribution in [2.24, 2.45) is 0 Å². The largest absolute Gasteiger partial charge is 0.358 e. The van der Waals surface area contributed by atoms with Gasteiger partial charge in [-0.25, -0.2) is 0 Å². The van der Waals surface area contributed by atoms with Crippen LogP contribution in [0.1, 0.15) is 35.6 Å². The number of carbonyl (C=O) groups is 1. The molecule has 0 bridgehead atoms. The van der Waals surface area contributed by atoms with E-state index in [1.54, 1.807) is 6.20 Å². The summed E-state index contributed by atoms with van der Waals surface area (Å²) in [6, 6.07) is 18.6. The van der Waals surface area contributed by atoms with Crippen LogP contribution in [0.5, 0.6) is 0 Å². The molecule has 5 rings (SSSR count). The molecule has 0 spiro atoms. The number of nitrogens with zero attached hydrogens (tertiary/aromatic N) is 2. The second-order valence-corrected chi connectivity index (χ2v) is 8.03. The highest BCUT2D eigenvalue weighted by molar-refractivity contribution is 5.88. The van der Waals surface area contributed by atoms with E-state index in [0.717, 1.165) is 42.4 Å². The van der Waals surface area contributed by atoms with Crippen LogP contribution in [0.15, 0.2) is 60.8 Å². The molecule has 146 valence electrons. The van der Waals surface area contributed by atoms with Crippen molar-refractivity contribution in [3.05, 3.63) is 77.6 Å². The molecular formula is C25H25N3O. The number of benzene rings is 2. The smallest absolute Gasteiger partial charge is 0.227 e. The van der Waals surface area contributed by atoms with Crippen molar-refractivity contribution in [2.75, 3.05) is 13.1 Å². The molecule has 4 nitrogen and oxygen atoms in total. The third-order valence-corrected chi connectivity index (χ3v) is 6.26. The van der Waals surface area contributed by atoms with E-state index in [1.807, 2.05) is 35.2 Å². The zero-order valence-corrected chi connectivity index (χ0v) is 16.7. The van der Waals surface area contributed by atoms with Crippen LogP contribution in [0.2, 0.25) is 0 Å². The van der Waals surface area contributed by atoms with Crippen molar-refractivity contribution >= 4 is 27.7 Å². The second-order valence-electron chi connectivity index (χ2n) is 8.03. The van der Waals surface area contributed by atoms with Crippen molar-refractivity contribution in [3.63, 3.8) is 0 Å². The average molecular weight is 383 g/mol. The monoisotopic (exact) mass is 383 g/mol. The normalized spacial score (nSPS) is 15.3. The summed E-state index contributed by atoms with van der Waals surface area (Å²) in [7, 11) is 0. The number of hydrogen-bond acceptors (Lipinski definition) is 2. The van der Waals surface area contributed by atoms with E-state index in [9.17, 15) is 4.79 Å². The molecule has 4 aromatic rings. The maximum atomic E-state index is 13.0. The first-order valence-corrected chi connectivity index (χ1v) is 10.4. The Morgan fingerprint density at radius 1 is 1.07 bits per heavy atom. The first-order chi connectivity index (χ1) is 14.2. The maximum absolute atomic E-state index is 13.0. The van der Waals surface area contributed by atoms with Gasteiger partial charge < -0.3 is 9.88 Å². The summed E-state index contributed by atoms with van der Waals surface area (Å²) in [5.41, 5.74) is 5.86. The molecule has 0 radical (unpaired) electrons. The topological polar surface area (TPSA) is 49.0 Å². The van der Waals surface area contributed by atoms with Crippen molar-refractivity contribution in [1.82, 2.24) is 14.9 Å². The van der Waals surface area contributed by atoms with Gasteiger partial charge in [0.25, 0.3) is 0 Å². The number of hydrogen-bond donors (Lipinski definition) is 1. The van der Waals surface area contributed by atoms with Crippen LogP contribution in [0.25, 0.3) is 21.8 Å². The molecule has 0 atom stereocenters. The lowest BCUT2D eigenvalue weighted by atomic mass is 9.87. The van der Waals surface area contributed by atoms with E-state index < -0.39 is 0 Å². The molecular weight excluding hydrogens is 358 g/mol. The first-order valence-electron chi connectivity index (χ1n) is 10.4. The molecule has 0 aliphatic carbocycles. The van der Waals surface area contributed by atoms with Crippen LogP contribution in [-0.2, 0) is 11.2 Å². The zero-order chi connectivity index (χ0) is 19.8. The van der Waals surface area contributed by atoms with Gasteiger partial charge in [0.1, 0.15) is 0 Å². The number of aromatic amines is 1. The Hall–Kier alpha value is -3.14. The molecule has 1 saturated heterocycles.